The van der Waals surface area contributed by atoms with E-state index in [0.717, 1.165) is 0 Å². The molecule has 0 aliphatic rings. The zero-order valence-corrected chi connectivity index (χ0v) is 5.21. The number of rotatable bonds is 4. The molecule has 0 heterocycles. The van der Waals surface area contributed by atoms with Crippen molar-refractivity contribution in [3.8, 4) is 0 Å². The van der Waals surface area contributed by atoms with Crippen LogP contribution in [0.25, 0.3) is 0 Å². The Morgan fingerprint density at radius 1 is 0.667 bits per heavy atom. The Balaban J connectivity index is 3.82. The molecule has 0 aromatic rings. The van der Waals surface area contributed by atoms with Crippen LogP contribution in [0.5, 0.6) is 0 Å². The predicted molar refractivity (Wildman–Crippen MR) is 8.77 cm³/mol. The van der Waals surface area contributed by atoms with Crippen molar-refractivity contribution in [1.29, 1.82) is 0 Å². The molecular formula is F4O4Ti. The standard InChI is InChI=1S/4FO.Ti/c4*1-2;/q4*-1;+4. The van der Waals surface area contributed by atoms with Gasteiger partial charge in [0.25, 0.3) is 0 Å². The Labute approximate surface area is 51.1 Å². The quantitative estimate of drug-likeness (QED) is 0.493. The van der Waals surface area contributed by atoms with Crippen molar-refractivity contribution >= 4 is 0 Å². The monoisotopic (exact) mass is 188 g/mol. The molecule has 0 rings (SSSR count). The third-order valence-electron chi connectivity index (χ3n) is 0.378. The molecule has 0 saturated heterocycles. The van der Waals surface area contributed by atoms with Crippen molar-refractivity contribution in [2.75, 3.05) is 0 Å². The molecule has 9 heteroatoms. The first-order valence-corrected chi connectivity index (χ1v) is 3.98. The zero-order valence-electron chi connectivity index (χ0n) is 3.64. The first kappa shape index (κ1) is 9.27. The van der Waals surface area contributed by atoms with Gasteiger partial charge in [-0.2, -0.15) is 0 Å². The fourth-order valence-electron chi connectivity index (χ4n) is 0.0714. The Morgan fingerprint density at radius 3 is 0.889 bits per heavy atom. The number of hydrogen-bond donors (Lipinski definition) is 0. The molecular weight excluding hydrogens is 188 g/mol. The van der Waals surface area contributed by atoms with Gasteiger partial charge in [0.05, 0.1) is 0 Å². The molecule has 9 heavy (non-hydrogen) atoms. The Hall–Kier alpha value is 0.274. The summed E-state index contributed by atoms with van der Waals surface area (Å²) in [7, 11) is 0. The summed E-state index contributed by atoms with van der Waals surface area (Å²) in [5, 5.41) is 0. The molecule has 0 fully saturated rings. The van der Waals surface area contributed by atoms with E-state index in [9.17, 15) is 18.1 Å². The third kappa shape index (κ3) is 2.16. The maximum atomic E-state index is 10.8. The molecule has 0 N–H and O–H groups in total. The van der Waals surface area contributed by atoms with Gasteiger partial charge in [-0.15, -0.1) is 0 Å². The van der Waals surface area contributed by atoms with Crippen LogP contribution >= 0.6 is 0 Å². The van der Waals surface area contributed by atoms with Crippen molar-refractivity contribution in [3.63, 3.8) is 0 Å². The SMILES string of the molecule is F[O][Ti]([O]F)([O]F)[O]F. The minimum atomic E-state index is -5.83. The van der Waals surface area contributed by atoms with Crippen LogP contribution in [0.15, 0.2) is 0 Å². The molecule has 0 amide bonds. The van der Waals surface area contributed by atoms with E-state index in [-0.39, 0.29) is 0 Å². The average molecular weight is 188 g/mol. The predicted octanol–water partition coefficient (Wildman–Crippen LogP) is 1.40. The second-order valence-corrected chi connectivity index (χ2v) is 3.33. The van der Waals surface area contributed by atoms with Gasteiger partial charge in [0.1, 0.15) is 0 Å². The van der Waals surface area contributed by atoms with E-state index in [1.54, 1.807) is 0 Å². The van der Waals surface area contributed by atoms with Crippen LogP contribution in [0, 0.1) is 0 Å². The summed E-state index contributed by atoms with van der Waals surface area (Å²) in [4.78, 5) is 0. The van der Waals surface area contributed by atoms with Crippen LogP contribution in [0.1, 0.15) is 0 Å². The molecule has 0 unspecified atom stereocenters. The van der Waals surface area contributed by atoms with Crippen LogP contribution in [0.2, 0.25) is 0 Å². The minimum absolute atomic E-state index is 2.28. The topological polar surface area (TPSA) is 36.9 Å². The molecule has 0 saturated carbocycles. The van der Waals surface area contributed by atoms with Crippen LogP contribution in [-0.4, -0.2) is 0 Å². The molecule has 0 aliphatic carbocycles. The second-order valence-electron chi connectivity index (χ2n) is 0.809. The van der Waals surface area contributed by atoms with Gasteiger partial charge in [-0.05, 0) is 0 Å². The summed E-state index contributed by atoms with van der Waals surface area (Å²) >= 11 is -5.83. The molecule has 56 valence electrons. The summed E-state index contributed by atoms with van der Waals surface area (Å²) in [6.45, 7) is 0. The van der Waals surface area contributed by atoms with Gasteiger partial charge < -0.3 is 0 Å². The average Bonchev–Trinajstić information content (AvgIpc) is 1.95. The Kier molecular flexibility index (Phi) is 4.27. The van der Waals surface area contributed by atoms with E-state index in [1.807, 2.05) is 0 Å². The Bertz CT molecular complexity index is 55.5. The first-order chi connectivity index (χ1) is 4.24. The van der Waals surface area contributed by atoms with Crippen LogP contribution < -0.4 is 0 Å². The van der Waals surface area contributed by atoms with E-state index in [2.05, 4.69) is 14.1 Å². The first-order valence-electron chi connectivity index (χ1n) is 1.43. The van der Waals surface area contributed by atoms with Gasteiger partial charge in [0, 0.05) is 0 Å². The molecule has 0 aromatic heterocycles. The fraction of sp³-hybridized carbons (Fsp3) is 0. The van der Waals surface area contributed by atoms with E-state index in [4.69, 9.17) is 0 Å². The van der Waals surface area contributed by atoms with Crippen LogP contribution in [0.3, 0.4) is 0 Å². The summed E-state index contributed by atoms with van der Waals surface area (Å²) < 4.78 is 52.3. The summed E-state index contributed by atoms with van der Waals surface area (Å²) in [5.41, 5.74) is 0. The van der Waals surface area contributed by atoms with Gasteiger partial charge in [0.15, 0.2) is 0 Å². The van der Waals surface area contributed by atoms with Crippen molar-refractivity contribution in [1.82, 2.24) is 0 Å². The van der Waals surface area contributed by atoms with E-state index >= 15 is 0 Å². The normalized spacial score (nSPS) is 12.0. The van der Waals surface area contributed by atoms with Gasteiger partial charge in [-0.1, -0.05) is 0 Å². The summed E-state index contributed by atoms with van der Waals surface area (Å²) in [6.07, 6.45) is 0. The molecule has 0 bridgehead atoms. The molecule has 0 aliphatic heterocycles. The van der Waals surface area contributed by atoms with Crippen molar-refractivity contribution < 1.29 is 50.3 Å². The second kappa shape index (κ2) is 4.15. The van der Waals surface area contributed by atoms with Gasteiger partial charge in [-0.3, -0.25) is 0 Å². The summed E-state index contributed by atoms with van der Waals surface area (Å²) in [6, 6.07) is 0. The molecule has 0 aromatic carbocycles. The van der Waals surface area contributed by atoms with Crippen LogP contribution in [0.4, 0.5) is 18.1 Å². The molecule has 0 radical (unpaired) electrons. The molecule has 0 spiro atoms. The molecule has 0 atom stereocenters. The van der Waals surface area contributed by atoms with Crippen molar-refractivity contribution in [2.24, 2.45) is 0 Å². The number of hydrogen-bond acceptors (Lipinski definition) is 4. The summed E-state index contributed by atoms with van der Waals surface area (Å²) in [5.74, 6) is 0. The van der Waals surface area contributed by atoms with Gasteiger partial charge in [0.2, 0.25) is 0 Å². The fourth-order valence-corrected chi connectivity index (χ4v) is 0.295. The maximum absolute atomic E-state index is 10.8. The Morgan fingerprint density at radius 2 is 0.889 bits per heavy atom. The van der Waals surface area contributed by atoms with E-state index < -0.39 is 18.1 Å². The van der Waals surface area contributed by atoms with E-state index in [0.29, 0.717) is 0 Å². The molecule has 4 nitrogen and oxygen atoms in total. The third-order valence-corrected chi connectivity index (χ3v) is 1.56. The number of halogens is 4. The van der Waals surface area contributed by atoms with Crippen molar-refractivity contribution in [2.45, 2.75) is 0 Å². The zero-order chi connectivity index (χ0) is 7.33. The van der Waals surface area contributed by atoms with E-state index in [1.165, 1.54) is 0 Å². The van der Waals surface area contributed by atoms with Gasteiger partial charge >= 0.3 is 50.3 Å². The van der Waals surface area contributed by atoms with Crippen LogP contribution in [-0.2, 0) is 32.2 Å². The van der Waals surface area contributed by atoms with Gasteiger partial charge in [-0.25, -0.2) is 0 Å². The van der Waals surface area contributed by atoms with Crippen molar-refractivity contribution in [3.05, 3.63) is 0 Å².